The third-order valence-electron chi connectivity index (χ3n) is 8.77. The monoisotopic (exact) mass is 619 g/mol. The summed E-state index contributed by atoms with van der Waals surface area (Å²) >= 11 is 0. The number of carbonyl (C=O) groups excluding carboxylic acids is 5. The van der Waals surface area contributed by atoms with E-state index in [1.807, 2.05) is 6.92 Å². The van der Waals surface area contributed by atoms with Crippen molar-refractivity contribution in [1.29, 1.82) is 0 Å². The van der Waals surface area contributed by atoms with Crippen LogP contribution in [0.3, 0.4) is 0 Å². The van der Waals surface area contributed by atoms with Gasteiger partial charge in [0.1, 0.15) is 12.1 Å². The van der Waals surface area contributed by atoms with E-state index in [0.29, 0.717) is 50.7 Å². The molecule has 0 aromatic carbocycles. The Morgan fingerprint density at radius 2 is 1.70 bits per heavy atom. The SMILES string of the molecule is CCCN=C(N)NCCC[C@@H]1CC(=O)[C@](C)(NC(=O)C(C)C)CCNC(=O)[C@@H](CC2CCCCC2)NC(=O)[C@H](CC)NC1=O. The summed E-state index contributed by atoms with van der Waals surface area (Å²) in [6.45, 7) is 10.2. The van der Waals surface area contributed by atoms with Crippen molar-refractivity contribution in [2.24, 2.45) is 28.5 Å². The fourth-order valence-electron chi connectivity index (χ4n) is 5.78. The summed E-state index contributed by atoms with van der Waals surface area (Å²) in [5, 5.41) is 14.6. The first-order valence-corrected chi connectivity index (χ1v) is 16.7. The molecule has 2 fully saturated rings. The molecule has 0 aromatic heterocycles. The summed E-state index contributed by atoms with van der Waals surface area (Å²) in [4.78, 5) is 71.3. The fourth-order valence-corrected chi connectivity index (χ4v) is 5.78. The standard InChI is InChI=1S/C32H57N7O5/c1-6-16-35-31(33)36-17-11-14-23-20-26(40)32(5,39-27(41)21(3)4)15-18-34-29(43)25(19-22-12-9-8-10-13-22)38-30(44)24(7-2)37-28(23)42/h21-25H,6-20H2,1-5H3,(H,34,43)(H,37,42)(H,38,44)(H,39,41)(H3,33,35,36)/t23-,24+,25-,32-/m1/s1. The molecule has 2 rings (SSSR count). The van der Waals surface area contributed by atoms with Crippen molar-refractivity contribution in [2.45, 2.75) is 129 Å². The predicted molar refractivity (Wildman–Crippen MR) is 171 cm³/mol. The van der Waals surface area contributed by atoms with Crippen LogP contribution in [0.5, 0.6) is 0 Å². The minimum atomic E-state index is -1.29. The van der Waals surface area contributed by atoms with E-state index in [9.17, 15) is 24.0 Å². The summed E-state index contributed by atoms with van der Waals surface area (Å²) < 4.78 is 0. The van der Waals surface area contributed by atoms with Crippen molar-refractivity contribution in [3.05, 3.63) is 0 Å². The normalized spacial score (nSPS) is 26.8. The summed E-state index contributed by atoms with van der Waals surface area (Å²) in [6, 6.07) is -1.61. The van der Waals surface area contributed by atoms with Crippen molar-refractivity contribution in [3.63, 3.8) is 0 Å². The summed E-state index contributed by atoms with van der Waals surface area (Å²) in [6.07, 6.45) is 8.02. The van der Waals surface area contributed by atoms with Gasteiger partial charge in [0.05, 0.1) is 5.54 Å². The molecule has 0 aromatic rings. The average molecular weight is 620 g/mol. The number of rotatable bonds is 11. The maximum Gasteiger partial charge on any atom is 0.243 e. The van der Waals surface area contributed by atoms with Crippen LogP contribution < -0.4 is 32.3 Å². The molecular weight excluding hydrogens is 562 g/mol. The minimum absolute atomic E-state index is 0.129. The topological polar surface area (TPSA) is 184 Å². The Morgan fingerprint density at radius 3 is 2.34 bits per heavy atom. The van der Waals surface area contributed by atoms with Crippen molar-refractivity contribution < 1.29 is 24.0 Å². The first kappa shape index (κ1) is 37.0. The lowest BCUT2D eigenvalue weighted by molar-refractivity contribution is -0.137. The van der Waals surface area contributed by atoms with Gasteiger partial charge >= 0.3 is 0 Å². The van der Waals surface area contributed by atoms with Gasteiger partial charge in [-0.15, -0.1) is 0 Å². The van der Waals surface area contributed by atoms with Gasteiger partial charge in [0.2, 0.25) is 23.6 Å². The Morgan fingerprint density at radius 1 is 1.02 bits per heavy atom. The molecule has 1 aliphatic heterocycles. The lowest BCUT2D eigenvalue weighted by atomic mass is 9.83. The lowest BCUT2D eigenvalue weighted by Crippen LogP contribution is -2.58. The van der Waals surface area contributed by atoms with Gasteiger partial charge in [-0.2, -0.15) is 0 Å². The van der Waals surface area contributed by atoms with Crippen LogP contribution in [0.25, 0.3) is 0 Å². The molecule has 1 aliphatic carbocycles. The molecule has 0 spiro atoms. The largest absolute Gasteiger partial charge is 0.370 e. The number of nitrogens with zero attached hydrogens (tertiary/aromatic N) is 1. The van der Waals surface area contributed by atoms with Crippen LogP contribution in [-0.2, 0) is 24.0 Å². The van der Waals surface area contributed by atoms with E-state index in [2.05, 4.69) is 31.6 Å². The molecule has 1 saturated carbocycles. The highest BCUT2D eigenvalue weighted by Crippen LogP contribution is 2.28. The van der Waals surface area contributed by atoms with E-state index in [4.69, 9.17) is 5.73 Å². The molecule has 0 radical (unpaired) electrons. The Labute approximate surface area is 263 Å². The van der Waals surface area contributed by atoms with Gasteiger partial charge in [-0.25, -0.2) is 0 Å². The molecule has 4 amide bonds. The van der Waals surface area contributed by atoms with Crippen LogP contribution in [0.2, 0.25) is 0 Å². The van der Waals surface area contributed by atoms with Crippen LogP contribution in [0.15, 0.2) is 4.99 Å². The molecule has 0 bridgehead atoms. The first-order valence-electron chi connectivity index (χ1n) is 16.7. The number of hydrogen-bond acceptors (Lipinski definition) is 6. The number of aliphatic imine (C=N–C) groups is 1. The highest BCUT2D eigenvalue weighted by atomic mass is 16.2. The Bertz CT molecular complexity index is 1010. The molecule has 0 unspecified atom stereocenters. The Hall–Kier alpha value is -3.18. The number of nitrogens with two attached hydrogens (primary N) is 1. The molecule has 12 nitrogen and oxygen atoms in total. The molecule has 1 saturated heterocycles. The summed E-state index contributed by atoms with van der Waals surface area (Å²) in [7, 11) is 0. The zero-order valence-corrected chi connectivity index (χ0v) is 27.6. The summed E-state index contributed by atoms with van der Waals surface area (Å²) in [5.74, 6) is -2.15. The number of carbonyl (C=O) groups is 5. The van der Waals surface area contributed by atoms with E-state index in [1.165, 1.54) is 6.42 Å². The Balaban J connectivity index is 2.33. The second kappa shape index (κ2) is 18.6. The number of amides is 4. The van der Waals surface area contributed by atoms with Gasteiger partial charge in [0.25, 0.3) is 0 Å². The molecule has 1 heterocycles. The smallest absolute Gasteiger partial charge is 0.243 e. The second-order valence-electron chi connectivity index (χ2n) is 12.9. The molecule has 2 aliphatic rings. The average Bonchev–Trinajstić information content (AvgIpc) is 2.99. The fraction of sp³-hybridized carbons (Fsp3) is 0.812. The van der Waals surface area contributed by atoms with Gasteiger partial charge in [0, 0.05) is 37.9 Å². The Kier molecular flexibility index (Phi) is 15.6. The summed E-state index contributed by atoms with van der Waals surface area (Å²) in [5.41, 5.74) is 4.61. The minimum Gasteiger partial charge on any atom is -0.370 e. The van der Waals surface area contributed by atoms with Gasteiger partial charge in [-0.3, -0.25) is 29.0 Å². The van der Waals surface area contributed by atoms with Crippen molar-refractivity contribution in [3.8, 4) is 0 Å². The maximum atomic E-state index is 13.9. The molecule has 250 valence electrons. The number of ketones is 1. The highest BCUT2D eigenvalue weighted by Gasteiger charge is 2.39. The van der Waals surface area contributed by atoms with E-state index in [0.717, 1.165) is 32.1 Å². The second-order valence-corrected chi connectivity index (χ2v) is 12.9. The quantitative estimate of drug-likeness (QED) is 0.116. The van der Waals surface area contributed by atoms with Crippen LogP contribution in [0.4, 0.5) is 0 Å². The van der Waals surface area contributed by atoms with E-state index in [1.54, 1.807) is 27.7 Å². The maximum absolute atomic E-state index is 13.9. The zero-order valence-electron chi connectivity index (χ0n) is 27.6. The number of Topliss-reactive ketones (excluding diaryl/α,β-unsaturated/α-hetero) is 1. The third-order valence-corrected chi connectivity index (χ3v) is 8.77. The third kappa shape index (κ3) is 12.1. The van der Waals surface area contributed by atoms with Crippen LogP contribution in [0.1, 0.15) is 112 Å². The molecule has 12 heteroatoms. The predicted octanol–water partition coefficient (Wildman–Crippen LogP) is 2.06. The first-order chi connectivity index (χ1) is 20.9. The van der Waals surface area contributed by atoms with Gasteiger partial charge in [-0.05, 0) is 51.4 Å². The van der Waals surface area contributed by atoms with Gasteiger partial charge < -0.3 is 32.3 Å². The number of hydrogen-bond donors (Lipinski definition) is 6. The van der Waals surface area contributed by atoms with Crippen molar-refractivity contribution >= 4 is 35.4 Å². The van der Waals surface area contributed by atoms with Crippen LogP contribution in [0, 0.1) is 17.8 Å². The van der Waals surface area contributed by atoms with Gasteiger partial charge in [0.15, 0.2) is 11.7 Å². The highest BCUT2D eigenvalue weighted by molar-refractivity contribution is 5.97. The number of guanidine groups is 1. The number of nitrogens with one attached hydrogen (secondary N) is 5. The van der Waals surface area contributed by atoms with E-state index in [-0.39, 0.29) is 42.9 Å². The molecule has 7 N–H and O–H groups in total. The molecule has 44 heavy (non-hydrogen) atoms. The van der Waals surface area contributed by atoms with E-state index < -0.39 is 35.4 Å². The van der Waals surface area contributed by atoms with E-state index >= 15 is 0 Å². The zero-order chi connectivity index (χ0) is 32.7. The molecular formula is C32H57N7O5. The van der Waals surface area contributed by atoms with Crippen molar-refractivity contribution in [2.75, 3.05) is 19.6 Å². The molecule has 4 atom stereocenters. The van der Waals surface area contributed by atoms with Crippen molar-refractivity contribution in [1.82, 2.24) is 26.6 Å². The lowest BCUT2D eigenvalue weighted by Gasteiger charge is -2.33. The van der Waals surface area contributed by atoms with Crippen LogP contribution >= 0.6 is 0 Å². The van der Waals surface area contributed by atoms with Crippen LogP contribution in [-0.4, -0.2) is 72.6 Å². The van der Waals surface area contributed by atoms with Gasteiger partial charge in [-0.1, -0.05) is 59.8 Å².